The van der Waals surface area contributed by atoms with E-state index in [4.69, 9.17) is 15.2 Å². The van der Waals surface area contributed by atoms with Crippen molar-refractivity contribution in [3.05, 3.63) is 59.7 Å². The first-order chi connectivity index (χ1) is 17.5. The number of nitrogens with zero attached hydrogens (tertiary/aromatic N) is 1. The molecule has 2 aromatic rings. The van der Waals surface area contributed by atoms with Crippen LogP contribution in [0.15, 0.2) is 48.5 Å². The number of primary amides is 1. The van der Waals surface area contributed by atoms with Crippen LogP contribution >= 0.6 is 0 Å². The first kappa shape index (κ1) is 26.7. The van der Waals surface area contributed by atoms with Crippen molar-refractivity contribution in [1.82, 2.24) is 10.2 Å². The molecule has 3 N–H and O–H groups in total. The summed E-state index contributed by atoms with van der Waals surface area (Å²) in [7, 11) is 1.59. The number of benzene rings is 2. The summed E-state index contributed by atoms with van der Waals surface area (Å²) in [6, 6.07) is 14.6. The molecule has 0 radical (unpaired) electrons. The molecule has 2 aliphatic rings. The number of amides is 3. The lowest BCUT2D eigenvalue weighted by Gasteiger charge is -2.35. The Hall–Kier alpha value is -3.39. The van der Waals surface area contributed by atoms with Crippen LogP contribution in [0.25, 0.3) is 11.1 Å². The number of hydrogen-bond donors (Lipinski definition) is 2. The van der Waals surface area contributed by atoms with Crippen molar-refractivity contribution in [2.24, 2.45) is 11.1 Å². The molecule has 0 aliphatic carbocycles. The number of rotatable bonds is 2. The average Bonchev–Trinajstić information content (AvgIpc) is 3.28. The minimum atomic E-state index is -0.933. The second kappa shape index (κ2) is 10.5. The monoisotopic (exact) mass is 507 g/mol. The van der Waals surface area contributed by atoms with E-state index in [0.717, 1.165) is 29.5 Å². The number of cyclic esters (lactones) is 1. The maximum absolute atomic E-state index is 13.9. The van der Waals surface area contributed by atoms with E-state index in [1.165, 1.54) is 10.5 Å². The van der Waals surface area contributed by atoms with Gasteiger partial charge in [-0.05, 0) is 53.0 Å². The third-order valence-electron chi connectivity index (χ3n) is 7.44. The maximum Gasteiger partial charge on any atom is 0.407 e. The van der Waals surface area contributed by atoms with Crippen molar-refractivity contribution >= 4 is 17.9 Å². The molecule has 1 saturated heterocycles. The SMILES string of the molecule is CO[C@@]12C[C@@H](C(N)=O)N(C1)C(=O)[C@H](C(C)(C)C)NC(=O)OCCCCc1cccc(c1)-c1cccc2c1. The lowest BCUT2D eigenvalue weighted by Crippen LogP contribution is -2.57. The van der Waals surface area contributed by atoms with Crippen LogP contribution in [-0.2, 0) is 31.1 Å². The van der Waals surface area contributed by atoms with Gasteiger partial charge < -0.3 is 25.4 Å². The molecule has 0 saturated carbocycles. The van der Waals surface area contributed by atoms with E-state index in [1.54, 1.807) is 7.11 Å². The first-order valence-corrected chi connectivity index (χ1v) is 12.8. The highest BCUT2D eigenvalue weighted by Gasteiger charge is 2.52. The molecule has 0 unspecified atom stereocenters. The second-order valence-electron chi connectivity index (χ2n) is 11.1. The minimum Gasteiger partial charge on any atom is -0.450 e. The van der Waals surface area contributed by atoms with Gasteiger partial charge in [0.05, 0.1) is 13.2 Å². The van der Waals surface area contributed by atoms with Crippen molar-refractivity contribution in [3.8, 4) is 11.1 Å². The Kier molecular flexibility index (Phi) is 7.59. The molecule has 2 heterocycles. The number of hydrogen-bond acceptors (Lipinski definition) is 5. The van der Waals surface area contributed by atoms with Crippen LogP contribution in [0.3, 0.4) is 0 Å². The third kappa shape index (κ3) is 5.64. The maximum atomic E-state index is 13.9. The summed E-state index contributed by atoms with van der Waals surface area (Å²) in [5.74, 6) is -1.01. The fourth-order valence-electron chi connectivity index (χ4n) is 5.29. The van der Waals surface area contributed by atoms with Gasteiger partial charge in [-0.25, -0.2) is 4.79 Å². The van der Waals surface area contributed by atoms with E-state index >= 15 is 0 Å². The molecular formula is C29H37N3O5. The Morgan fingerprint density at radius 3 is 2.49 bits per heavy atom. The summed E-state index contributed by atoms with van der Waals surface area (Å²) >= 11 is 0. The molecule has 6 bridgehead atoms. The summed E-state index contributed by atoms with van der Waals surface area (Å²) in [5.41, 5.74) is 8.40. The molecule has 3 atom stereocenters. The number of aryl methyl sites for hydroxylation is 1. The highest BCUT2D eigenvalue weighted by Crippen LogP contribution is 2.41. The van der Waals surface area contributed by atoms with Gasteiger partial charge >= 0.3 is 6.09 Å². The lowest BCUT2D eigenvalue weighted by molar-refractivity contribution is -0.141. The zero-order chi connectivity index (χ0) is 26.8. The number of alkyl carbamates (subject to hydrolysis) is 1. The topological polar surface area (TPSA) is 111 Å². The van der Waals surface area contributed by atoms with Crippen LogP contribution in [0, 0.1) is 5.41 Å². The molecule has 198 valence electrons. The standard InChI is InChI=1S/C29H37N3O5/c1-28(2,3)24-26(34)32-18-29(36-4,17-23(32)25(30)33)22-13-8-12-21(16-22)20-11-7-10-19(15-20)9-5-6-14-37-27(35)31-24/h7-8,10-13,15-16,23-24H,5-6,9,14,17-18H2,1-4H3,(H2,30,33)(H,31,35)/t23-,24+,29-/m0/s1. The van der Waals surface area contributed by atoms with Gasteiger partial charge in [0.1, 0.15) is 17.7 Å². The zero-order valence-corrected chi connectivity index (χ0v) is 22.1. The molecule has 1 fully saturated rings. The number of nitrogens with one attached hydrogen (secondary N) is 1. The minimum absolute atomic E-state index is 0.128. The van der Waals surface area contributed by atoms with Crippen LogP contribution in [0.1, 0.15) is 51.2 Å². The Labute approximate surface area is 218 Å². The summed E-state index contributed by atoms with van der Waals surface area (Å²) in [4.78, 5) is 40.6. The summed E-state index contributed by atoms with van der Waals surface area (Å²) in [5, 5.41) is 2.75. The van der Waals surface area contributed by atoms with Crippen molar-refractivity contribution in [2.45, 2.75) is 64.1 Å². The van der Waals surface area contributed by atoms with Crippen molar-refractivity contribution < 1.29 is 23.9 Å². The summed E-state index contributed by atoms with van der Waals surface area (Å²) < 4.78 is 11.5. The van der Waals surface area contributed by atoms with E-state index in [0.29, 0.717) is 6.42 Å². The zero-order valence-electron chi connectivity index (χ0n) is 22.1. The van der Waals surface area contributed by atoms with Crippen LogP contribution in [0.2, 0.25) is 0 Å². The second-order valence-corrected chi connectivity index (χ2v) is 11.1. The molecule has 2 aromatic carbocycles. The molecule has 37 heavy (non-hydrogen) atoms. The molecule has 4 rings (SSSR count). The van der Waals surface area contributed by atoms with E-state index in [-0.39, 0.29) is 19.6 Å². The normalized spacial score (nSPS) is 25.0. The van der Waals surface area contributed by atoms with Gasteiger partial charge in [0, 0.05) is 13.5 Å². The largest absolute Gasteiger partial charge is 0.450 e. The Bertz CT molecular complexity index is 1170. The van der Waals surface area contributed by atoms with Crippen molar-refractivity contribution in [2.75, 3.05) is 20.3 Å². The Balaban J connectivity index is 1.80. The number of nitrogens with two attached hydrogens (primary N) is 1. The van der Waals surface area contributed by atoms with Crippen LogP contribution in [0.4, 0.5) is 4.79 Å². The number of ether oxygens (including phenoxy) is 2. The lowest BCUT2D eigenvalue weighted by atomic mass is 9.85. The Morgan fingerprint density at radius 2 is 1.81 bits per heavy atom. The fourth-order valence-corrected chi connectivity index (χ4v) is 5.29. The molecule has 8 nitrogen and oxygen atoms in total. The van der Waals surface area contributed by atoms with Gasteiger partial charge in [0.2, 0.25) is 11.8 Å². The number of methoxy groups -OCH3 is 1. The quantitative estimate of drug-likeness (QED) is 0.643. The van der Waals surface area contributed by atoms with E-state index in [9.17, 15) is 14.4 Å². The van der Waals surface area contributed by atoms with Gasteiger partial charge in [-0.2, -0.15) is 0 Å². The van der Waals surface area contributed by atoms with Crippen LogP contribution < -0.4 is 11.1 Å². The molecule has 0 spiro atoms. The molecule has 8 heteroatoms. The molecular weight excluding hydrogens is 470 g/mol. The molecule has 0 aromatic heterocycles. The predicted octanol–water partition coefficient (Wildman–Crippen LogP) is 3.76. The summed E-state index contributed by atoms with van der Waals surface area (Å²) in [6.07, 6.45) is 1.98. The van der Waals surface area contributed by atoms with Gasteiger partial charge in [-0.15, -0.1) is 0 Å². The summed E-state index contributed by atoms with van der Waals surface area (Å²) in [6.45, 7) is 5.95. The van der Waals surface area contributed by atoms with Crippen molar-refractivity contribution in [3.63, 3.8) is 0 Å². The fraction of sp³-hybridized carbons (Fsp3) is 0.483. The van der Waals surface area contributed by atoms with Crippen LogP contribution in [0.5, 0.6) is 0 Å². The van der Waals surface area contributed by atoms with Gasteiger partial charge in [0.25, 0.3) is 0 Å². The van der Waals surface area contributed by atoms with Gasteiger partial charge in [0.15, 0.2) is 0 Å². The number of carbonyl (C=O) groups excluding carboxylic acids is 3. The first-order valence-electron chi connectivity index (χ1n) is 12.8. The van der Waals surface area contributed by atoms with Crippen LogP contribution in [-0.4, -0.2) is 55.2 Å². The highest BCUT2D eigenvalue weighted by atomic mass is 16.5. The van der Waals surface area contributed by atoms with E-state index in [2.05, 4.69) is 29.6 Å². The smallest absolute Gasteiger partial charge is 0.407 e. The molecule has 2 aliphatic heterocycles. The number of fused-ring (bicyclic) bond motifs is 8. The van der Waals surface area contributed by atoms with Gasteiger partial charge in [-0.3, -0.25) is 9.59 Å². The van der Waals surface area contributed by atoms with Crippen molar-refractivity contribution in [1.29, 1.82) is 0 Å². The average molecular weight is 508 g/mol. The molecule has 3 amide bonds. The Morgan fingerprint density at radius 1 is 1.11 bits per heavy atom. The third-order valence-corrected chi connectivity index (χ3v) is 7.44. The van der Waals surface area contributed by atoms with Gasteiger partial charge in [-0.1, -0.05) is 63.2 Å². The number of carbonyl (C=O) groups is 3. The van der Waals surface area contributed by atoms with E-state index in [1.807, 2.05) is 45.0 Å². The highest BCUT2D eigenvalue weighted by molar-refractivity contribution is 5.92. The predicted molar refractivity (Wildman–Crippen MR) is 141 cm³/mol. The van der Waals surface area contributed by atoms with E-state index < -0.39 is 41.0 Å².